The van der Waals surface area contributed by atoms with Gasteiger partial charge in [0, 0.05) is 23.0 Å². The van der Waals surface area contributed by atoms with Crippen LogP contribution in [0.15, 0.2) is 47.5 Å². The Hall–Kier alpha value is -2.69. The van der Waals surface area contributed by atoms with Gasteiger partial charge in [-0.25, -0.2) is 4.52 Å². The third-order valence-corrected chi connectivity index (χ3v) is 6.09. The quantitative estimate of drug-likeness (QED) is 0.559. The molecule has 0 spiro atoms. The van der Waals surface area contributed by atoms with Crippen LogP contribution in [0.25, 0.3) is 5.52 Å². The Kier molecular flexibility index (Phi) is 5.42. The summed E-state index contributed by atoms with van der Waals surface area (Å²) in [4.78, 5) is 1.16. The highest BCUT2D eigenvalue weighted by Crippen LogP contribution is 2.32. The van der Waals surface area contributed by atoms with Crippen molar-refractivity contribution < 1.29 is 0 Å². The number of hydrogen-bond donors (Lipinski definition) is 3. The largest absolute Gasteiger partial charge is 0.381 e. The molecule has 144 valence electrons. The summed E-state index contributed by atoms with van der Waals surface area (Å²) < 4.78 is 1.79. The number of para-hydroxylation sites is 1. The van der Waals surface area contributed by atoms with Crippen LogP contribution >= 0.6 is 11.8 Å². The summed E-state index contributed by atoms with van der Waals surface area (Å²) in [6.45, 7) is 0. The van der Waals surface area contributed by atoms with Crippen molar-refractivity contribution in [2.45, 2.75) is 42.7 Å². The van der Waals surface area contributed by atoms with E-state index < -0.39 is 0 Å². The minimum absolute atomic E-state index is 0.297. The van der Waals surface area contributed by atoms with Crippen LogP contribution in [-0.4, -0.2) is 28.0 Å². The lowest BCUT2D eigenvalue weighted by Gasteiger charge is -2.28. The van der Waals surface area contributed by atoms with Gasteiger partial charge in [0.05, 0.1) is 23.1 Å². The molecule has 0 unspecified atom stereocenters. The number of aromatic nitrogens is 2. The smallest absolute Gasteiger partial charge is 0.134 e. The van der Waals surface area contributed by atoms with Crippen molar-refractivity contribution in [3.63, 3.8) is 0 Å². The summed E-state index contributed by atoms with van der Waals surface area (Å²) in [7, 11) is 0. The first kappa shape index (κ1) is 18.7. The van der Waals surface area contributed by atoms with Crippen molar-refractivity contribution in [3.8, 4) is 6.07 Å². The first-order valence-corrected chi connectivity index (χ1v) is 10.7. The SMILES string of the molecule is CSc1ccccc1Nc1cc(N[C@H]2CC[C@H](N)CC2)c(C#N)c2ccnn12. The molecule has 0 amide bonds. The number of thioether (sulfide) groups is 1. The van der Waals surface area contributed by atoms with Crippen LogP contribution in [0.2, 0.25) is 0 Å². The van der Waals surface area contributed by atoms with Crippen LogP contribution in [0.1, 0.15) is 31.2 Å². The number of anilines is 3. The molecule has 1 fully saturated rings. The average molecular weight is 393 g/mol. The zero-order chi connectivity index (χ0) is 19.5. The van der Waals surface area contributed by atoms with Gasteiger partial charge >= 0.3 is 0 Å². The van der Waals surface area contributed by atoms with E-state index in [9.17, 15) is 5.26 Å². The van der Waals surface area contributed by atoms with E-state index in [1.165, 1.54) is 0 Å². The van der Waals surface area contributed by atoms with Crippen LogP contribution < -0.4 is 16.4 Å². The van der Waals surface area contributed by atoms with Gasteiger partial charge in [0.15, 0.2) is 0 Å². The van der Waals surface area contributed by atoms with Gasteiger partial charge in [0.2, 0.25) is 0 Å². The van der Waals surface area contributed by atoms with Gasteiger partial charge in [-0.15, -0.1) is 11.8 Å². The second-order valence-electron chi connectivity index (χ2n) is 7.14. The molecule has 28 heavy (non-hydrogen) atoms. The lowest BCUT2D eigenvalue weighted by molar-refractivity contribution is 0.411. The van der Waals surface area contributed by atoms with E-state index in [0.717, 1.165) is 53.3 Å². The van der Waals surface area contributed by atoms with Gasteiger partial charge in [-0.2, -0.15) is 10.4 Å². The summed E-state index contributed by atoms with van der Waals surface area (Å²) >= 11 is 1.69. The Labute approximate surface area is 169 Å². The highest BCUT2D eigenvalue weighted by molar-refractivity contribution is 7.98. The highest BCUT2D eigenvalue weighted by atomic mass is 32.2. The lowest BCUT2D eigenvalue weighted by Crippen LogP contribution is -2.33. The fourth-order valence-electron chi connectivity index (χ4n) is 3.78. The van der Waals surface area contributed by atoms with Crippen molar-refractivity contribution in [1.82, 2.24) is 9.61 Å². The number of nitriles is 1. The van der Waals surface area contributed by atoms with Gasteiger partial charge in [0.25, 0.3) is 0 Å². The molecule has 0 bridgehead atoms. The summed E-state index contributed by atoms with van der Waals surface area (Å²) in [5, 5.41) is 21.3. The summed E-state index contributed by atoms with van der Waals surface area (Å²) in [5.41, 5.74) is 9.32. The number of nitrogens with zero attached hydrogens (tertiary/aromatic N) is 3. The zero-order valence-electron chi connectivity index (χ0n) is 15.9. The second-order valence-corrected chi connectivity index (χ2v) is 7.99. The normalized spacial score (nSPS) is 19.3. The summed E-state index contributed by atoms with van der Waals surface area (Å²) in [6, 6.07) is 15.0. The Morgan fingerprint density at radius 3 is 2.71 bits per heavy atom. The third-order valence-electron chi connectivity index (χ3n) is 5.29. The van der Waals surface area contributed by atoms with Gasteiger partial charge in [-0.3, -0.25) is 0 Å². The molecule has 6 nitrogen and oxygen atoms in total. The Morgan fingerprint density at radius 2 is 1.96 bits per heavy atom. The van der Waals surface area contributed by atoms with Crippen molar-refractivity contribution in [1.29, 1.82) is 5.26 Å². The molecule has 2 aromatic heterocycles. The fraction of sp³-hybridized carbons (Fsp3) is 0.333. The molecule has 0 aliphatic heterocycles. The van der Waals surface area contributed by atoms with E-state index in [0.29, 0.717) is 17.6 Å². The van der Waals surface area contributed by atoms with Crippen LogP contribution in [0.3, 0.4) is 0 Å². The topological polar surface area (TPSA) is 91.2 Å². The molecule has 3 aromatic rings. The molecule has 0 radical (unpaired) electrons. The Morgan fingerprint density at radius 1 is 1.18 bits per heavy atom. The maximum absolute atomic E-state index is 9.79. The molecule has 1 aliphatic carbocycles. The van der Waals surface area contributed by atoms with E-state index >= 15 is 0 Å². The van der Waals surface area contributed by atoms with Crippen LogP contribution in [0, 0.1) is 11.3 Å². The van der Waals surface area contributed by atoms with Gasteiger partial charge in [0.1, 0.15) is 17.5 Å². The number of hydrogen-bond acceptors (Lipinski definition) is 6. The van der Waals surface area contributed by atoms with Gasteiger partial charge in [-0.05, 0) is 50.1 Å². The standard InChI is InChI=1S/C21H24N6S/c1-28-20-5-3-2-4-17(20)26-21-12-18(25-15-8-6-14(23)7-9-15)16(13-22)19-10-11-24-27(19)21/h2-5,10-12,14-15,25-26H,6-9,23H2,1H3/t14-,15-. The summed E-state index contributed by atoms with van der Waals surface area (Å²) in [5.74, 6) is 0.829. The molecule has 4 rings (SSSR count). The van der Waals surface area contributed by atoms with Crippen molar-refractivity contribution in [2.24, 2.45) is 5.73 Å². The summed E-state index contributed by atoms with van der Waals surface area (Å²) in [6.07, 6.45) is 7.86. The minimum atomic E-state index is 0.297. The number of fused-ring (bicyclic) bond motifs is 1. The van der Waals surface area contributed by atoms with Crippen LogP contribution in [0.5, 0.6) is 0 Å². The number of rotatable bonds is 5. The van der Waals surface area contributed by atoms with Crippen molar-refractivity contribution in [2.75, 3.05) is 16.9 Å². The second kappa shape index (κ2) is 8.13. The Bertz CT molecular complexity index is 1010. The van der Waals surface area contributed by atoms with E-state index in [2.05, 4.69) is 40.2 Å². The number of benzene rings is 1. The lowest BCUT2D eigenvalue weighted by atomic mass is 9.91. The number of pyridine rings is 1. The first-order valence-electron chi connectivity index (χ1n) is 9.52. The monoisotopic (exact) mass is 392 g/mol. The maximum atomic E-state index is 9.79. The molecule has 1 saturated carbocycles. The molecule has 0 atom stereocenters. The fourth-order valence-corrected chi connectivity index (χ4v) is 4.34. The predicted molar refractivity (Wildman–Crippen MR) is 115 cm³/mol. The molecule has 2 heterocycles. The van der Waals surface area contributed by atoms with E-state index in [1.54, 1.807) is 22.5 Å². The van der Waals surface area contributed by atoms with Gasteiger partial charge in [-0.1, -0.05) is 12.1 Å². The molecule has 1 aromatic carbocycles. The molecular formula is C21H24N6S. The predicted octanol–water partition coefficient (Wildman–Crippen LogP) is 4.35. The molecular weight excluding hydrogens is 368 g/mol. The third kappa shape index (κ3) is 3.66. The van der Waals surface area contributed by atoms with Gasteiger partial charge < -0.3 is 16.4 Å². The molecule has 1 aliphatic rings. The average Bonchev–Trinajstić information content (AvgIpc) is 3.20. The van der Waals surface area contributed by atoms with E-state index in [4.69, 9.17) is 5.73 Å². The zero-order valence-corrected chi connectivity index (χ0v) is 16.7. The van der Waals surface area contributed by atoms with Crippen LogP contribution in [0.4, 0.5) is 17.2 Å². The number of nitrogens with two attached hydrogens (primary N) is 1. The molecule has 7 heteroatoms. The highest BCUT2D eigenvalue weighted by Gasteiger charge is 2.21. The Balaban J connectivity index is 1.72. The molecule has 0 saturated heterocycles. The van der Waals surface area contributed by atoms with E-state index in [1.807, 2.05) is 24.3 Å². The minimum Gasteiger partial charge on any atom is -0.381 e. The number of nitrogens with one attached hydrogen (secondary N) is 2. The van der Waals surface area contributed by atoms with Crippen molar-refractivity contribution in [3.05, 3.63) is 48.2 Å². The maximum Gasteiger partial charge on any atom is 0.134 e. The van der Waals surface area contributed by atoms with Crippen LogP contribution in [-0.2, 0) is 0 Å². The first-order chi connectivity index (χ1) is 13.7. The van der Waals surface area contributed by atoms with E-state index in [-0.39, 0.29) is 0 Å². The van der Waals surface area contributed by atoms with Crippen molar-refractivity contribution >= 4 is 34.5 Å². The molecule has 4 N–H and O–H groups in total.